The fraction of sp³-hybridized carbons (Fsp3) is 1.00. The van der Waals surface area contributed by atoms with Gasteiger partial charge >= 0.3 is 0 Å². The molecule has 0 aliphatic rings. The van der Waals surface area contributed by atoms with E-state index in [-0.39, 0.29) is 17.9 Å². The van der Waals surface area contributed by atoms with Gasteiger partial charge in [0.05, 0.1) is 13.2 Å². The smallest absolute Gasteiger partial charge is 0.291 e. The Balaban J connectivity index is -0.000000114. The van der Waals surface area contributed by atoms with Crippen LogP contribution >= 0.6 is 0 Å². The van der Waals surface area contributed by atoms with Crippen LogP contribution in [0.25, 0.3) is 0 Å². The molecular formula is C3H10FNO6. The summed E-state index contributed by atoms with van der Waals surface area (Å²) in [4.78, 5) is 8.36. The van der Waals surface area contributed by atoms with Gasteiger partial charge in [-0.3, -0.25) is 4.70 Å². The van der Waals surface area contributed by atoms with E-state index in [2.05, 4.69) is 0 Å². The van der Waals surface area contributed by atoms with Gasteiger partial charge in [0.1, 0.15) is 6.10 Å². The van der Waals surface area contributed by atoms with Gasteiger partial charge in [0.15, 0.2) is 0 Å². The lowest BCUT2D eigenvalue weighted by Gasteiger charge is -1.96. The van der Waals surface area contributed by atoms with E-state index in [9.17, 15) is 0 Å². The average molecular weight is 175 g/mol. The molecule has 0 saturated carbocycles. The quantitative estimate of drug-likeness (QED) is 0.288. The molecule has 0 radical (unpaired) electrons. The summed E-state index contributed by atoms with van der Waals surface area (Å²) in [5.74, 6) is 0. The van der Waals surface area contributed by atoms with E-state index in [1.807, 2.05) is 0 Å². The van der Waals surface area contributed by atoms with Crippen LogP contribution in [-0.4, -0.2) is 44.9 Å². The number of hydrogen-bond acceptors (Lipinski definition) is 5. The summed E-state index contributed by atoms with van der Waals surface area (Å²) in [5, 5.41) is 37.7. The molecular weight excluding hydrogens is 165 g/mol. The maximum atomic E-state index is 8.36. The van der Waals surface area contributed by atoms with Crippen molar-refractivity contribution in [1.29, 1.82) is 0 Å². The molecule has 70 valence electrons. The third-order valence-corrected chi connectivity index (χ3v) is 0.421. The van der Waals surface area contributed by atoms with Crippen molar-refractivity contribution in [1.82, 2.24) is 0 Å². The minimum atomic E-state index is -1.50. The summed E-state index contributed by atoms with van der Waals surface area (Å²) >= 11 is 0. The lowest BCUT2D eigenvalue weighted by atomic mass is 10.4. The second-order valence-electron chi connectivity index (χ2n) is 1.26. The Morgan fingerprint density at radius 3 is 1.55 bits per heavy atom. The maximum Gasteiger partial charge on any atom is 0.291 e. The molecule has 7 nitrogen and oxygen atoms in total. The number of rotatable bonds is 2. The van der Waals surface area contributed by atoms with E-state index in [0.29, 0.717) is 0 Å². The molecule has 0 saturated heterocycles. The van der Waals surface area contributed by atoms with Crippen molar-refractivity contribution in [3.63, 3.8) is 0 Å². The molecule has 0 amide bonds. The second-order valence-corrected chi connectivity index (χ2v) is 1.26. The minimum Gasteiger partial charge on any atom is -0.394 e. The van der Waals surface area contributed by atoms with Crippen molar-refractivity contribution in [2.75, 3.05) is 13.2 Å². The van der Waals surface area contributed by atoms with Gasteiger partial charge in [0.25, 0.3) is 5.09 Å². The zero-order chi connectivity index (χ0) is 8.57. The first-order valence-electron chi connectivity index (χ1n) is 2.27. The summed E-state index contributed by atoms with van der Waals surface area (Å²) in [6, 6.07) is 0. The van der Waals surface area contributed by atoms with Crippen LogP contribution in [0.4, 0.5) is 4.70 Å². The Labute approximate surface area is 61.0 Å². The van der Waals surface area contributed by atoms with Crippen LogP contribution < -0.4 is 0 Å². The van der Waals surface area contributed by atoms with Crippen LogP contribution in [0, 0.1) is 10.1 Å². The fourth-order valence-electron chi connectivity index (χ4n) is 0.0577. The number of hydrogen-bond donors (Lipinski definition) is 4. The van der Waals surface area contributed by atoms with E-state index in [4.69, 9.17) is 30.6 Å². The number of halogens is 1. The SMILES string of the molecule is F.O=[N+]([O-])O.OCC(O)CO. The van der Waals surface area contributed by atoms with Crippen LogP contribution in [-0.2, 0) is 0 Å². The second kappa shape index (κ2) is 11.8. The first kappa shape index (κ1) is 16.5. The van der Waals surface area contributed by atoms with Gasteiger partial charge in [-0.05, 0) is 0 Å². The molecule has 0 fully saturated rings. The van der Waals surface area contributed by atoms with Crippen LogP contribution in [0.5, 0.6) is 0 Å². The number of aliphatic hydroxyl groups excluding tert-OH is 3. The molecule has 0 heterocycles. The Morgan fingerprint density at radius 1 is 1.36 bits per heavy atom. The number of nitrogens with zero attached hydrogens (tertiary/aromatic N) is 1. The molecule has 0 unspecified atom stereocenters. The Hall–Kier alpha value is -0.990. The molecule has 0 aliphatic carbocycles. The van der Waals surface area contributed by atoms with Crippen LogP contribution in [0.3, 0.4) is 0 Å². The summed E-state index contributed by atoms with van der Waals surface area (Å²) in [7, 11) is 0. The Bertz CT molecular complexity index is 81.9. The molecule has 4 N–H and O–H groups in total. The third-order valence-electron chi connectivity index (χ3n) is 0.421. The van der Waals surface area contributed by atoms with Gasteiger partial charge < -0.3 is 20.5 Å². The van der Waals surface area contributed by atoms with Crippen molar-refractivity contribution in [3.8, 4) is 0 Å². The molecule has 11 heavy (non-hydrogen) atoms. The molecule has 0 aromatic carbocycles. The van der Waals surface area contributed by atoms with Gasteiger partial charge in [-0.15, -0.1) is 10.1 Å². The van der Waals surface area contributed by atoms with Gasteiger partial charge in [-0.2, -0.15) is 0 Å². The van der Waals surface area contributed by atoms with Crippen molar-refractivity contribution in [3.05, 3.63) is 10.1 Å². The van der Waals surface area contributed by atoms with E-state index in [1.165, 1.54) is 0 Å². The normalized spacial score (nSPS) is 7.64. The third kappa shape index (κ3) is 48.9. The monoisotopic (exact) mass is 175 g/mol. The van der Waals surface area contributed by atoms with Crippen LogP contribution in [0.15, 0.2) is 0 Å². The maximum absolute atomic E-state index is 8.36. The standard InChI is InChI=1S/C3H8O3.FH.HNO3/c4-1-3(6)2-5;;2-1(3)4/h3-6H,1-2H2;1H;(H,2,3,4). The Morgan fingerprint density at radius 2 is 1.55 bits per heavy atom. The van der Waals surface area contributed by atoms with Crippen LogP contribution in [0.2, 0.25) is 0 Å². The van der Waals surface area contributed by atoms with Crippen LogP contribution in [0.1, 0.15) is 0 Å². The topological polar surface area (TPSA) is 124 Å². The predicted octanol–water partition coefficient (Wildman–Crippen LogP) is -1.86. The highest BCUT2D eigenvalue weighted by atomic mass is 19.0. The van der Waals surface area contributed by atoms with Crippen molar-refractivity contribution in [2.24, 2.45) is 0 Å². The average Bonchev–Trinajstić information content (AvgIpc) is 1.85. The van der Waals surface area contributed by atoms with Gasteiger partial charge in [0, 0.05) is 0 Å². The lowest BCUT2D eigenvalue weighted by molar-refractivity contribution is -0.742. The lowest BCUT2D eigenvalue weighted by Crippen LogP contribution is -2.15. The molecule has 0 bridgehead atoms. The van der Waals surface area contributed by atoms with E-state index >= 15 is 0 Å². The Kier molecular flexibility index (Phi) is 17.7. The highest BCUT2D eigenvalue weighted by Gasteiger charge is 1.93. The summed E-state index contributed by atoms with van der Waals surface area (Å²) < 4.78 is 0. The van der Waals surface area contributed by atoms with Crippen molar-refractivity contribution < 1.29 is 30.3 Å². The summed E-state index contributed by atoms with van der Waals surface area (Å²) in [6.07, 6.45) is -0.954. The molecule has 0 atom stereocenters. The molecule has 8 heteroatoms. The van der Waals surface area contributed by atoms with Crippen molar-refractivity contribution in [2.45, 2.75) is 6.10 Å². The van der Waals surface area contributed by atoms with Gasteiger partial charge in [-0.25, -0.2) is 0 Å². The first-order valence-corrected chi connectivity index (χ1v) is 2.27. The van der Waals surface area contributed by atoms with E-state index < -0.39 is 11.2 Å². The highest BCUT2D eigenvalue weighted by molar-refractivity contribution is 4.43. The van der Waals surface area contributed by atoms with Crippen molar-refractivity contribution >= 4 is 0 Å². The summed E-state index contributed by atoms with van der Waals surface area (Å²) in [5.41, 5.74) is 0. The fourth-order valence-corrected chi connectivity index (χ4v) is 0.0577. The predicted molar refractivity (Wildman–Crippen MR) is 31.5 cm³/mol. The zero-order valence-electron chi connectivity index (χ0n) is 5.45. The highest BCUT2D eigenvalue weighted by Crippen LogP contribution is 1.71. The molecule has 0 rings (SSSR count). The molecule has 0 aromatic rings. The number of aliphatic hydroxyl groups is 3. The van der Waals surface area contributed by atoms with E-state index in [0.717, 1.165) is 0 Å². The molecule has 0 aromatic heterocycles. The van der Waals surface area contributed by atoms with Gasteiger partial charge in [-0.1, -0.05) is 0 Å². The first-order chi connectivity index (χ1) is 4.54. The van der Waals surface area contributed by atoms with Gasteiger partial charge in [0.2, 0.25) is 0 Å². The minimum absolute atomic E-state index is 0. The summed E-state index contributed by atoms with van der Waals surface area (Å²) in [6.45, 7) is -0.729. The zero-order valence-corrected chi connectivity index (χ0v) is 5.45. The molecule has 0 spiro atoms. The molecule has 0 aliphatic heterocycles. The van der Waals surface area contributed by atoms with E-state index in [1.54, 1.807) is 0 Å². The largest absolute Gasteiger partial charge is 0.394 e.